The molecule has 5 nitrogen and oxygen atoms in total. The van der Waals surface area contributed by atoms with Gasteiger partial charge < -0.3 is 25.3 Å². The lowest BCUT2D eigenvalue weighted by Gasteiger charge is -2.42. The molecule has 0 aromatic carbocycles. The molecule has 0 aromatic heterocycles. The van der Waals surface area contributed by atoms with Gasteiger partial charge in [0.25, 0.3) is 0 Å². The summed E-state index contributed by atoms with van der Waals surface area (Å²) in [4.78, 5) is 4.39. The summed E-state index contributed by atoms with van der Waals surface area (Å²) in [6, 6.07) is 0.616. The zero-order valence-electron chi connectivity index (χ0n) is 28.3. The summed E-state index contributed by atoms with van der Waals surface area (Å²) >= 11 is 0. The van der Waals surface area contributed by atoms with E-state index in [4.69, 9.17) is 10.1 Å². The van der Waals surface area contributed by atoms with Crippen LogP contribution in [-0.2, 0) is 4.74 Å². The molecule has 2 N–H and O–H groups in total. The first-order valence-electron chi connectivity index (χ1n) is 15.1. The van der Waals surface area contributed by atoms with Gasteiger partial charge in [0.05, 0.1) is 12.4 Å². The average Bonchev–Trinajstić information content (AvgIpc) is 2.91. The number of ether oxygens (including phenoxy) is 1. The number of halogens is 3. The Hall–Kier alpha value is -1.90. The Morgan fingerprint density at radius 3 is 2.02 bits per heavy atom. The number of alkyl halides is 3. The highest BCUT2D eigenvalue weighted by Gasteiger charge is 2.32. The van der Waals surface area contributed by atoms with E-state index in [1.54, 1.807) is 6.08 Å². The molecule has 1 fully saturated rings. The van der Waals surface area contributed by atoms with Crippen LogP contribution in [0.5, 0.6) is 0 Å². The van der Waals surface area contributed by atoms with Crippen molar-refractivity contribution in [2.75, 3.05) is 54.1 Å². The van der Waals surface area contributed by atoms with E-state index in [0.29, 0.717) is 18.2 Å². The van der Waals surface area contributed by atoms with Crippen molar-refractivity contribution in [3.8, 4) is 0 Å². The number of nitrogens with zero attached hydrogens (tertiary/aromatic N) is 2. The SMILES string of the molecule is C=C(CC)OCCCC.C=CCC.CC.CC(/C=C/C=C(\C=N)C(F)(F)CF)NCC1CN(C(C)C)C1.CN(C)C. The summed E-state index contributed by atoms with van der Waals surface area (Å²) in [6.07, 6.45) is 11.0. The highest BCUT2D eigenvalue weighted by molar-refractivity contribution is 5.78. The second-order valence-electron chi connectivity index (χ2n) is 10.2. The Bertz CT molecular complexity index is 671. The van der Waals surface area contributed by atoms with Crippen molar-refractivity contribution in [1.29, 1.82) is 5.41 Å². The summed E-state index contributed by atoms with van der Waals surface area (Å²) in [5, 5.41) is 10.3. The van der Waals surface area contributed by atoms with Crippen LogP contribution in [0.15, 0.2) is 48.8 Å². The molecule has 1 atom stereocenters. The normalized spacial score (nSPS) is 14.2. The van der Waals surface area contributed by atoms with E-state index >= 15 is 0 Å². The van der Waals surface area contributed by atoms with Gasteiger partial charge in [-0.25, -0.2) is 4.39 Å². The number of hydrogen-bond acceptors (Lipinski definition) is 5. The van der Waals surface area contributed by atoms with Crippen molar-refractivity contribution < 1.29 is 17.9 Å². The minimum atomic E-state index is -3.59. The predicted molar refractivity (Wildman–Crippen MR) is 176 cm³/mol. The van der Waals surface area contributed by atoms with Crippen LogP contribution < -0.4 is 5.32 Å². The number of hydrogen-bond donors (Lipinski definition) is 2. The number of allylic oxidation sites excluding steroid dienone is 5. The van der Waals surface area contributed by atoms with Gasteiger partial charge >= 0.3 is 5.92 Å². The largest absolute Gasteiger partial charge is 0.499 e. The number of likely N-dealkylation sites (tertiary alicyclic amines) is 1. The molecule has 1 saturated heterocycles. The van der Waals surface area contributed by atoms with Crippen LogP contribution >= 0.6 is 0 Å². The quantitative estimate of drug-likeness (QED) is 0.0660. The summed E-state index contributed by atoms with van der Waals surface area (Å²) in [7, 11) is 6.00. The highest BCUT2D eigenvalue weighted by Crippen LogP contribution is 2.23. The van der Waals surface area contributed by atoms with Gasteiger partial charge in [-0.15, -0.1) is 6.58 Å². The van der Waals surface area contributed by atoms with E-state index in [1.807, 2.05) is 59.8 Å². The van der Waals surface area contributed by atoms with Gasteiger partial charge in [0, 0.05) is 49.9 Å². The van der Waals surface area contributed by atoms with E-state index in [-0.39, 0.29) is 6.04 Å². The number of unbranched alkanes of at least 4 members (excludes halogenated alkanes) is 1. The standard InChI is InChI=1S/C16H26F3N3.C8H16O.C4H8.C3H9N.C2H6/c1-12(2)22-9-14(10-22)8-21-13(3)5-4-6-15(7-20)16(18,19)11-17;1-4-6-7-9-8(3)5-2;1-3-4-2;1-4(2)3;1-2/h4-7,12-14,20-21H,8-11H2,1-3H3;3-7H2,1-2H3;3H,1,4H2,2H3;1-3H3;1-2H3/b5-4+,15-6+,20-7?;;;;. The van der Waals surface area contributed by atoms with E-state index in [9.17, 15) is 13.2 Å². The molecule has 1 aliphatic heterocycles. The van der Waals surface area contributed by atoms with Gasteiger partial charge in [-0.1, -0.05) is 71.9 Å². The molecule has 0 radical (unpaired) electrons. The molecule has 0 saturated carbocycles. The molecular weight excluding hydrogens is 525 g/mol. The summed E-state index contributed by atoms with van der Waals surface area (Å²) < 4.78 is 43.6. The van der Waals surface area contributed by atoms with Crippen molar-refractivity contribution in [2.45, 2.75) is 99.1 Å². The van der Waals surface area contributed by atoms with E-state index in [1.165, 1.54) is 12.5 Å². The molecule has 0 amide bonds. The Labute approximate surface area is 252 Å². The maximum Gasteiger partial charge on any atom is 0.302 e. The summed E-state index contributed by atoms with van der Waals surface area (Å²) in [6.45, 7) is 25.9. The highest BCUT2D eigenvalue weighted by atomic mass is 19.3. The van der Waals surface area contributed by atoms with Gasteiger partial charge in [-0.05, 0) is 60.7 Å². The fourth-order valence-corrected chi connectivity index (χ4v) is 2.72. The summed E-state index contributed by atoms with van der Waals surface area (Å²) in [5.74, 6) is -2.06. The van der Waals surface area contributed by atoms with Crippen LogP contribution in [0.3, 0.4) is 0 Å². The molecule has 1 unspecified atom stereocenters. The molecule has 1 rings (SSSR count). The molecule has 0 spiro atoms. The van der Waals surface area contributed by atoms with E-state index < -0.39 is 18.2 Å². The van der Waals surface area contributed by atoms with Gasteiger partial charge in [0.1, 0.15) is 0 Å². The number of nitrogens with one attached hydrogen (secondary N) is 2. The fraction of sp³-hybridized carbons (Fsp3) is 0.727. The maximum absolute atomic E-state index is 13.1. The van der Waals surface area contributed by atoms with Gasteiger partial charge in [-0.2, -0.15) is 8.78 Å². The van der Waals surface area contributed by atoms with Crippen molar-refractivity contribution >= 4 is 6.21 Å². The lowest BCUT2D eigenvalue weighted by Crippen LogP contribution is -2.54. The van der Waals surface area contributed by atoms with Crippen molar-refractivity contribution in [3.05, 3.63) is 48.8 Å². The molecule has 1 aliphatic rings. The van der Waals surface area contributed by atoms with Crippen LogP contribution in [0.1, 0.15) is 81.1 Å². The second-order valence-corrected chi connectivity index (χ2v) is 10.2. The summed E-state index contributed by atoms with van der Waals surface area (Å²) in [5.41, 5.74) is -0.620. The van der Waals surface area contributed by atoms with Crippen molar-refractivity contribution in [3.63, 3.8) is 0 Å². The third-order valence-corrected chi connectivity index (χ3v) is 5.35. The fourth-order valence-electron chi connectivity index (χ4n) is 2.72. The molecule has 0 bridgehead atoms. The monoisotopic (exact) mass is 591 g/mol. The lowest BCUT2D eigenvalue weighted by molar-refractivity contribution is 0.0216. The zero-order chi connectivity index (χ0) is 32.9. The maximum atomic E-state index is 13.1. The van der Waals surface area contributed by atoms with Crippen LogP contribution in [0.4, 0.5) is 13.2 Å². The smallest absolute Gasteiger partial charge is 0.302 e. The molecule has 8 heteroatoms. The minimum absolute atomic E-state index is 0.0373. The first-order chi connectivity index (χ1) is 19.3. The zero-order valence-corrected chi connectivity index (χ0v) is 28.3. The van der Waals surface area contributed by atoms with Crippen molar-refractivity contribution in [2.24, 2.45) is 5.92 Å². The van der Waals surface area contributed by atoms with Crippen LogP contribution in [-0.4, -0.2) is 88.1 Å². The molecule has 244 valence electrons. The predicted octanol–water partition coefficient (Wildman–Crippen LogP) is 8.55. The first kappa shape index (κ1) is 46.1. The van der Waals surface area contributed by atoms with E-state index in [0.717, 1.165) is 57.3 Å². The number of rotatable bonds is 15. The van der Waals surface area contributed by atoms with Crippen molar-refractivity contribution in [1.82, 2.24) is 15.1 Å². The van der Waals surface area contributed by atoms with Crippen LogP contribution in [0.25, 0.3) is 0 Å². The van der Waals surface area contributed by atoms with Gasteiger partial charge in [0.15, 0.2) is 6.67 Å². The third kappa shape index (κ3) is 30.9. The van der Waals surface area contributed by atoms with Gasteiger partial charge in [0.2, 0.25) is 0 Å². The minimum Gasteiger partial charge on any atom is -0.499 e. The molecular formula is C33H65F3N4O. The van der Waals surface area contributed by atoms with E-state index in [2.05, 4.69) is 51.1 Å². The van der Waals surface area contributed by atoms with Gasteiger partial charge in [-0.3, -0.25) is 0 Å². The second kappa shape index (κ2) is 31.0. The molecule has 0 aliphatic carbocycles. The Kier molecular flexibility index (Phi) is 34.9. The Morgan fingerprint density at radius 1 is 1.15 bits per heavy atom. The van der Waals surface area contributed by atoms with Crippen LogP contribution in [0.2, 0.25) is 0 Å². The lowest BCUT2D eigenvalue weighted by atomic mass is 9.98. The Morgan fingerprint density at radius 2 is 1.66 bits per heavy atom. The molecule has 0 aromatic rings. The Balaban J connectivity index is -0.000000295. The topological polar surface area (TPSA) is 51.6 Å². The third-order valence-electron chi connectivity index (χ3n) is 5.35. The van der Waals surface area contributed by atoms with Crippen LogP contribution in [0, 0.1) is 11.3 Å². The first-order valence-corrected chi connectivity index (χ1v) is 15.1. The average molecular weight is 591 g/mol. The molecule has 41 heavy (non-hydrogen) atoms. The molecule has 1 heterocycles.